The van der Waals surface area contributed by atoms with Crippen molar-refractivity contribution in [1.29, 1.82) is 0 Å². The monoisotopic (exact) mass is 279 g/mol. The normalized spacial score (nSPS) is 11.2. The summed E-state index contributed by atoms with van der Waals surface area (Å²) in [4.78, 5) is 11.8. The molecule has 0 bridgehead atoms. The van der Waals surface area contributed by atoms with Crippen molar-refractivity contribution >= 4 is 33.5 Å². The zero-order valence-corrected chi connectivity index (χ0v) is 11.2. The number of benzene rings is 1. The number of aromatic amines is 1. The van der Waals surface area contributed by atoms with Crippen LogP contribution in [0, 0.1) is 0 Å². The van der Waals surface area contributed by atoms with Crippen molar-refractivity contribution in [1.82, 2.24) is 15.0 Å². The Morgan fingerprint density at radius 3 is 2.80 bits per heavy atom. The maximum atomic E-state index is 6.34. The molecule has 0 amide bonds. The highest BCUT2D eigenvalue weighted by atomic mass is 35.5. The van der Waals surface area contributed by atoms with Gasteiger partial charge in [-0.25, -0.2) is 4.98 Å². The van der Waals surface area contributed by atoms with E-state index in [2.05, 4.69) is 27.1 Å². The van der Waals surface area contributed by atoms with Crippen LogP contribution in [0.4, 0.5) is 0 Å². The van der Waals surface area contributed by atoms with Gasteiger partial charge in [-0.1, -0.05) is 17.7 Å². The zero-order valence-electron chi connectivity index (χ0n) is 10.5. The van der Waals surface area contributed by atoms with Gasteiger partial charge in [0.05, 0.1) is 10.5 Å². The van der Waals surface area contributed by atoms with Crippen molar-refractivity contribution < 1.29 is 0 Å². The van der Waals surface area contributed by atoms with Gasteiger partial charge in [0.1, 0.15) is 5.65 Å². The van der Waals surface area contributed by atoms with Crippen molar-refractivity contribution in [2.75, 3.05) is 0 Å². The molecule has 20 heavy (non-hydrogen) atoms. The van der Waals surface area contributed by atoms with E-state index in [1.807, 2.05) is 30.5 Å². The Morgan fingerprint density at radius 2 is 1.85 bits per heavy atom. The zero-order chi connectivity index (χ0) is 13.5. The first-order valence-electron chi connectivity index (χ1n) is 6.30. The molecule has 1 N–H and O–H groups in total. The van der Waals surface area contributed by atoms with E-state index in [4.69, 9.17) is 11.6 Å². The average molecular weight is 280 g/mol. The molecule has 0 saturated carbocycles. The molecule has 0 fully saturated rings. The van der Waals surface area contributed by atoms with E-state index in [9.17, 15) is 0 Å². The molecule has 0 saturated heterocycles. The van der Waals surface area contributed by atoms with Crippen LogP contribution in [0.1, 0.15) is 0 Å². The number of rotatable bonds is 1. The topological polar surface area (TPSA) is 41.6 Å². The summed E-state index contributed by atoms with van der Waals surface area (Å²) in [6, 6.07) is 12.0. The minimum Gasteiger partial charge on any atom is -0.346 e. The molecule has 96 valence electrons. The number of aromatic nitrogens is 3. The van der Waals surface area contributed by atoms with E-state index in [0.717, 1.165) is 33.1 Å². The SMILES string of the molecule is Clc1cc(-c2c[nH]c3ncccc23)cc2cccnc12. The quantitative estimate of drug-likeness (QED) is 0.560. The maximum Gasteiger partial charge on any atom is 0.137 e. The molecular formula is C16H10ClN3. The lowest BCUT2D eigenvalue weighted by Gasteiger charge is -2.04. The summed E-state index contributed by atoms with van der Waals surface area (Å²) < 4.78 is 0. The minimum atomic E-state index is 0.663. The van der Waals surface area contributed by atoms with Gasteiger partial charge in [0.15, 0.2) is 0 Å². The van der Waals surface area contributed by atoms with Gasteiger partial charge in [-0.2, -0.15) is 0 Å². The molecule has 0 unspecified atom stereocenters. The van der Waals surface area contributed by atoms with Crippen LogP contribution in [0.3, 0.4) is 0 Å². The van der Waals surface area contributed by atoms with Crippen LogP contribution in [0.25, 0.3) is 33.1 Å². The van der Waals surface area contributed by atoms with Crippen molar-refractivity contribution in [3.05, 3.63) is 60.0 Å². The molecule has 3 aromatic heterocycles. The summed E-state index contributed by atoms with van der Waals surface area (Å²) >= 11 is 6.34. The number of H-pyrrole nitrogens is 1. The van der Waals surface area contributed by atoms with Crippen LogP contribution in [-0.4, -0.2) is 15.0 Å². The molecule has 0 aliphatic rings. The summed E-state index contributed by atoms with van der Waals surface area (Å²) in [5.74, 6) is 0. The molecule has 4 heteroatoms. The number of nitrogens with one attached hydrogen (secondary N) is 1. The van der Waals surface area contributed by atoms with E-state index in [1.165, 1.54) is 0 Å². The summed E-state index contributed by atoms with van der Waals surface area (Å²) in [5.41, 5.74) is 3.87. The van der Waals surface area contributed by atoms with Crippen molar-refractivity contribution in [3.63, 3.8) is 0 Å². The summed E-state index contributed by atoms with van der Waals surface area (Å²) in [6.07, 6.45) is 5.49. The van der Waals surface area contributed by atoms with Gasteiger partial charge in [0.25, 0.3) is 0 Å². The van der Waals surface area contributed by atoms with Gasteiger partial charge in [0, 0.05) is 34.9 Å². The van der Waals surface area contributed by atoms with Crippen LogP contribution in [0.5, 0.6) is 0 Å². The molecule has 0 spiro atoms. The highest BCUT2D eigenvalue weighted by molar-refractivity contribution is 6.35. The fraction of sp³-hybridized carbons (Fsp3) is 0. The number of fused-ring (bicyclic) bond motifs is 2. The highest BCUT2D eigenvalue weighted by Gasteiger charge is 2.09. The third kappa shape index (κ3) is 1.67. The molecule has 3 heterocycles. The molecule has 0 atom stereocenters. The van der Waals surface area contributed by atoms with Crippen molar-refractivity contribution in [2.24, 2.45) is 0 Å². The van der Waals surface area contributed by atoms with Crippen LogP contribution in [-0.2, 0) is 0 Å². The third-order valence-electron chi connectivity index (χ3n) is 3.42. The number of pyridine rings is 2. The second-order valence-corrected chi connectivity index (χ2v) is 5.04. The fourth-order valence-corrected chi connectivity index (χ4v) is 2.77. The smallest absolute Gasteiger partial charge is 0.137 e. The fourth-order valence-electron chi connectivity index (χ4n) is 2.50. The van der Waals surface area contributed by atoms with E-state index in [-0.39, 0.29) is 0 Å². The van der Waals surface area contributed by atoms with E-state index in [1.54, 1.807) is 12.4 Å². The molecule has 0 radical (unpaired) electrons. The number of halogens is 1. The average Bonchev–Trinajstić information content (AvgIpc) is 2.91. The van der Waals surface area contributed by atoms with E-state index >= 15 is 0 Å². The van der Waals surface area contributed by atoms with Gasteiger partial charge in [-0.05, 0) is 35.9 Å². The Balaban J connectivity index is 2.03. The second kappa shape index (κ2) is 4.32. The number of hydrogen-bond acceptors (Lipinski definition) is 2. The molecule has 0 aliphatic heterocycles. The van der Waals surface area contributed by atoms with Crippen LogP contribution in [0.2, 0.25) is 5.02 Å². The Kier molecular flexibility index (Phi) is 2.47. The lowest BCUT2D eigenvalue weighted by atomic mass is 10.0. The summed E-state index contributed by atoms with van der Waals surface area (Å²) in [5, 5.41) is 2.79. The summed E-state index contributed by atoms with van der Waals surface area (Å²) in [6.45, 7) is 0. The molecule has 0 aliphatic carbocycles. The first-order chi connectivity index (χ1) is 9.83. The maximum absolute atomic E-state index is 6.34. The molecule has 3 nitrogen and oxygen atoms in total. The first-order valence-corrected chi connectivity index (χ1v) is 6.67. The predicted octanol–water partition coefficient (Wildman–Crippen LogP) is 4.43. The Bertz CT molecular complexity index is 927. The van der Waals surface area contributed by atoms with E-state index in [0.29, 0.717) is 5.02 Å². The lowest BCUT2D eigenvalue weighted by Crippen LogP contribution is -1.82. The number of nitrogens with zero attached hydrogens (tertiary/aromatic N) is 2. The molecule has 4 rings (SSSR count). The number of hydrogen-bond donors (Lipinski definition) is 1. The Morgan fingerprint density at radius 1 is 1.00 bits per heavy atom. The van der Waals surface area contributed by atoms with Crippen molar-refractivity contribution in [3.8, 4) is 11.1 Å². The minimum absolute atomic E-state index is 0.663. The lowest BCUT2D eigenvalue weighted by molar-refractivity contribution is 1.33. The largest absolute Gasteiger partial charge is 0.346 e. The summed E-state index contributed by atoms with van der Waals surface area (Å²) in [7, 11) is 0. The van der Waals surface area contributed by atoms with Crippen LogP contribution < -0.4 is 0 Å². The molecule has 4 aromatic rings. The highest BCUT2D eigenvalue weighted by Crippen LogP contribution is 2.33. The van der Waals surface area contributed by atoms with Gasteiger partial charge >= 0.3 is 0 Å². The Hall–Kier alpha value is -2.39. The standard InChI is InChI=1S/C16H10ClN3/c17-14-8-11(7-10-3-1-5-18-15(10)14)13-9-20-16-12(13)4-2-6-19-16/h1-9H,(H,19,20). The van der Waals surface area contributed by atoms with Crippen molar-refractivity contribution in [2.45, 2.75) is 0 Å². The second-order valence-electron chi connectivity index (χ2n) is 4.64. The van der Waals surface area contributed by atoms with Gasteiger partial charge in [0.2, 0.25) is 0 Å². The van der Waals surface area contributed by atoms with Crippen LogP contribution in [0.15, 0.2) is 55.0 Å². The van der Waals surface area contributed by atoms with Gasteiger partial charge in [-0.15, -0.1) is 0 Å². The van der Waals surface area contributed by atoms with E-state index < -0.39 is 0 Å². The third-order valence-corrected chi connectivity index (χ3v) is 3.71. The molecular weight excluding hydrogens is 270 g/mol. The first kappa shape index (κ1) is 11.4. The predicted molar refractivity (Wildman–Crippen MR) is 81.8 cm³/mol. The van der Waals surface area contributed by atoms with Gasteiger partial charge < -0.3 is 4.98 Å². The van der Waals surface area contributed by atoms with Crippen LogP contribution >= 0.6 is 11.6 Å². The Labute approximate surface area is 120 Å². The van der Waals surface area contributed by atoms with Gasteiger partial charge in [-0.3, -0.25) is 4.98 Å². The molecule has 1 aromatic carbocycles.